The van der Waals surface area contributed by atoms with Crippen molar-refractivity contribution >= 4 is 5.69 Å². The van der Waals surface area contributed by atoms with Gasteiger partial charge in [-0.2, -0.15) is 0 Å². The van der Waals surface area contributed by atoms with Gasteiger partial charge in [-0.15, -0.1) is 0 Å². The Hall–Kier alpha value is -1.17. The van der Waals surface area contributed by atoms with Gasteiger partial charge in [-0.05, 0) is 19.4 Å². The SMILES string of the molecule is CCC(C)(C(N)c1cnccc1N)N1CCOCC1. The first-order chi connectivity index (χ1) is 9.09. The summed E-state index contributed by atoms with van der Waals surface area (Å²) in [5, 5.41) is 0. The number of nitrogen functional groups attached to an aromatic ring is 1. The van der Waals surface area contributed by atoms with Crippen LogP contribution in [-0.4, -0.2) is 41.7 Å². The van der Waals surface area contributed by atoms with Crippen LogP contribution >= 0.6 is 0 Å². The second-order valence-corrected chi connectivity index (χ2v) is 5.29. The molecule has 1 aliphatic heterocycles. The van der Waals surface area contributed by atoms with Crippen LogP contribution in [0.1, 0.15) is 31.9 Å². The van der Waals surface area contributed by atoms with E-state index in [1.165, 1.54) is 0 Å². The molecule has 2 rings (SSSR count). The molecule has 0 saturated carbocycles. The number of hydrogen-bond donors (Lipinski definition) is 2. The molecule has 1 aromatic rings. The van der Waals surface area contributed by atoms with E-state index in [-0.39, 0.29) is 11.6 Å². The second kappa shape index (κ2) is 5.86. The van der Waals surface area contributed by atoms with Gasteiger partial charge in [0.1, 0.15) is 0 Å². The quantitative estimate of drug-likeness (QED) is 0.853. The minimum absolute atomic E-state index is 0.124. The van der Waals surface area contributed by atoms with E-state index in [4.69, 9.17) is 16.2 Å². The highest BCUT2D eigenvalue weighted by molar-refractivity contribution is 5.47. The number of nitrogens with two attached hydrogens (primary N) is 2. The lowest BCUT2D eigenvalue weighted by atomic mass is 9.83. The third kappa shape index (κ3) is 2.73. The molecule has 2 unspecified atom stereocenters. The molecule has 0 spiro atoms. The molecule has 1 saturated heterocycles. The molecule has 1 aliphatic rings. The highest BCUT2D eigenvalue weighted by atomic mass is 16.5. The van der Waals surface area contributed by atoms with Gasteiger partial charge in [-0.1, -0.05) is 6.92 Å². The van der Waals surface area contributed by atoms with Crippen LogP contribution in [0.2, 0.25) is 0 Å². The normalized spacial score (nSPS) is 21.8. The van der Waals surface area contributed by atoms with E-state index in [1.807, 2.05) is 6.07 Å². The Bertz CT molecular complexity index is 420. The van der Waals surface area contributed by atoms with E-state index in [9.17, 15) is 0 Å². The summed E-state index contributed by atoms with van der Waals surface area (Å²) < 4.78 is 5.43. The first-order valence-electron chi connectivity index (χ1n) is 6.87. The monoisotopic (exact) mass is 264 g/mol. The van der Waals surface area contributed by atoms with Crippen molar-refractivity contribution in [3.8, 4) is 0 Å². The van der Waals surface area contributed by atoms with Gasteiger partial charge in [0.15, 0.2) is 0 Å². The summed E-state index contributed by atoms with van der Waals surface area (Å²) in [6, 6.07) is 1.66. The molecule has 0 aromatic carbocycles. The van der Waals surface area contributed by atoms with Crippen molar-refractivity contribution in [2.75, 3.05) is 32.0 Å². The lowest BCUT2D eigenvalue weighted by Crippen LogP contribution is -2.56. The first kappa shape index (κ1) is 14.2. The van der Waals surface area contributed by atoms with Gasteiger partial charge in [0.05, 0.1) is 19.3 Å². The molecule has 0 radical (unpaired) electrons. The summed E-state index contributed by atoms with van der Waals surface area (Å²) in [5.41, 5.74) is 14.1. The molecule has 0 aliphatic carbocycles. The van der Waals surface area contributed by atoms with Crippen molar-refractivity contribution < 1.29 is 4.74 Å². The van der Waals surface area contributed by atoms with Crippen LogP contribution in [0.4, 0.5) is 5.69 Å². The zero-order chi connectivity index (χ0) is 13.9. The first-order valence-corrected chi connectivity index (χ1v) is 6.87. The highest BCUT2D eigenvalue weighted by Crippen LogP contribution is 2.34. The molecule has 1 fully saturated rings. The fourth-order valence-electron chi connectivity index (χ4n) is 2.73. The highest BCUT2D eigenvalue weighted by Gasteiger charge is 2.38. The van der Waals surface area contributed by atoms with E-state index < -0.39 is 0 Å². The maximum absolute atomic E-state index is 6.51. The lowest BCUT2D eigenvalue weighted by molar-refractivity contribution is -0.0277. The maximum Gasteiger partial charge on any atom is 0.0594 e. The zero-order valence-electron chi connectivity index (χ0n) is 11.8. The van der Waals surface area contributed by atoms with Gasteiger partial charge in [-0.25, -0.2) is 0 Å². The number of anilines is 1. The number of pyridine rings is 1. The largest absolute Gasteiger partial charge is 0.398 e. The van der Waals surface area contributed by atoms with Crippen LogP contribution in [0.25, 0.3) is 0 Å². The molecular formula is C14H24N4O. The Labute approximate surface area is 114 Å². The molecular weight excluding hydrogens is 240 g/mol. The topological polar surface area (TPSA) is 77.4 Å². The molecule has 4 N–H and O–H groups in total. The van der Waals surface area contributed by atoms with Gasteiger partial charge >= 0.3 is 0 Å². The van der Waals surface area contributed by atoms with Crippen molar-refractivity contribution in [3.63, 3.8) is 0 Å². The maximum atomic E-state index is 6.51. The molecule has 2 heterocycles. The zero-order valence-corrected chi connectivity index (χ0v) is 11.8. The summed E-state index contributed by atoms with van der Waals surface area (Å²) >= 11 is 0. The van der Waals surface area contributed by atoms with Crippen molar-refractivity contribution in [3.05, 3.63) is 24.0 Å². The minimum atomic E-state index is -0.149. The van der Waals surface area contributed by atoms with Crippen LogP contribution < -0.4 is 11.5 Å². The number of aromatic nitrogens is 1. The molecule has 0 amide bonds. The van der Waals surface area contributed by atoms with Crippen molar-refractivity contribution in [2.45, 2.75) is 31.8 Å². The standard InChI is InChI=1S/C14H24N4O/c1-3-14(2,18-6-8-19-9-7-18)13(16)11-10-17-5-4-12(11)15/h4-5,10,13H,3,6-9,16H2,1-2H3,(H2,15,17). The Morgan fingerprint density at radius 2 is 2.16 bits per heavy atom. The predicted octanol–water partition coefficient (Wildman–Crippen LogP) is 1.16. The third-order valence-electron chi connectivity index (χ3n) is 4.34. The molecule has 5 heteroatoms. The molecule has 19 heavy (non-hydrogen) atoms. The Morgan fingerprint density at radius 1 is 1.47 bits per heavy atom. The number of nitrogens with zero attached hydrogens (tertiary/aromatic N) is 2. The Morgan fingerprint density at radius 3 is 2.74 bits per heavy atom. The summed E-state index contributed by atoms with van der Waals surface area (Å²) in [6.45, 7) is 7.74. The fraction of sp³-hybridized carbons (Fsp3) is 0.643. The van der Waals surface area contributed by atoms with Crippen LogP contribution in [0.3, 0.4) is 0 Å². The van der Waals surface area contributed by atoms with Gasteiger partial charge in [0, 0.05) is 42.3 Å². The van der Waals surface area contributed by atoms with E-state index in [1.54, 1.807) is 12.4 Å². The van der Waals surface area contributed by atoms with Gasteiger partial charge < -0.3 is 16.2 Å². The van der Waals surface area contributed by atoms with Crippen molar-refractivity contribution in [1.29, 1.82) is 0 Å². The van der Waals surface area contributed by atoms with Gasteiger partial charge in [-0.3, -0.25) is 9.88 Å². The Kier molecular flexibility index (Phi) is 4.39. The molecule has 2 atom stereocenters. The summed E-state index contributed by atoms with van der Waals surface area (Å²) in [6.07, 6.45) is 4.44. The minimum Gasteiger partial charge on any atom is -0.398 e. The molecule has 1 aromatic heterocycles. The second-order valence-electron chi connectivity index (χ2n) is 5.29. The van der Waals surface area contributed by atoms with Crippen molar-refractivity contribution in [2.24, 2.45) is 5.73 Å². The molecule has 106 valence electrons. The molecule has 0 bridgehead atoms. The number of morpholine rings is 1. The van der Waals surface area contributed by atoms with Crippen LogP contribution in [0.15, 0.2) is 18.5 Å². The van der Waals surface area contributed by atoms with E-state index in [0.29, 0.717) is 0 Å². The fourth-order valence-corrected chi connectivity index (χ4v) is 2.73. The van der Waals surface area contributed by atoms with E-state index >= 15 is 0 Å². The van der Waals surface area contributed by atoms with Gasteiger partial charge in [0.25, 0.3) is 0 Å². The summed E-state index contributed by atoms with van der Waals surface area (Å²) in [7, 11) is 0. The summed E-state index contributed by atoms with van der Waals surface area (Å²) in [4.78, 5) is 6.57. The summed E-state index contributed by atoms with van der Waals surface area (Å²) in [5.74, 6) is 0. The third-order valence-corrected chi connectivity index (χ3v) is 4.34. The molecule has 5 nitrogen and oxygen atoms in total. The lowest BCUT2D eigenvalue weighted by Gasteiger charge is -2.46. The average molecular weight is 264 g/mol. The smallest absolute Gasteiger partial charge is 0.0594 e. The number of hydrogen-bond acceptors (Lipinski definition) is 5. The van der Waals surface area contributed by atoms with E-state index in [2.05, 4.69) is 23.7 Å². The Balaban J connectivity index is 2.27. The number of rotatable bonds is 4. The van der Waals surface area contributed by atoms with Crippen LogP contribution in [-0.2, 0) is 4.74 Å². The number of ether oxygens (including phenoxy) is 1. The van der Waals surface area contributed by atoms with Crippen LogP contribution in [0.5, 0.6) is 0 Å². The van der Waals surface area contributed by atoms with Gasteiger partial charge in [0.2, 0.25) is 0 Å². The van der Waals surface area contributed by atoms with E-state index in [0.717, 1.165) is 44.0 Å². The van der Waals surface area contributed by atoms with Crippen molar-refractivity contribution in [1.82, 2.24) is 9.88 Å². The predicted molar refractivity (Wildman–Crippen MR) is 76.7 cm³/mol. The average Bonchev–Trinajstić information content (AvgIpc) is 2.47. The van der Waals surface area contributed by atoms with Crippen LogP contribution in [0, 0.1) is 0 Å².